The van der Waals surface area contributed by atoms with Gasteiger partial charge in [-0.05, 0) is 25.0 Å². The molecule has 21 heavy (non-hydrogen) atoms. The predicted molar refractivity (Wildman–Crippen MR) is 81.8 cm³/mol. The van der Waals surface area contributed by atoms with Gasteiger partial charge >= 0.3 is 0 Å². The molecule has 2 aromatic rings. The molecule has 0 atom stereocenters. The van der Waals surface area contributed by atoms with Crippen molar-refractivity contribution in [1.82, 2.24) is 9.29 Å². The number of rotatable bonds is 3. The molecule has 0 aromatic carbocycles. The molecule has 114 valence electrons. The molecule has 1 aliphatic heterocycles. The van der Waals surface area contributed by atoms with E-state index in [4.69, 9.17) is 4.42 Å². The number of sulfonamides is 1. The Morgan fingerprint density at radius 1 is 1.19 bits per heavy atom. The van der Waals surface area contributed by atoms with Crippen molar-refractivity contribution in [2.75, 3.05) is 13.1 Å². The van der Waals surface area contributed by atoms with Crippen molar-refractivity contribution in [3.8, 4) is 10.6 Å². The molecule has 3 heterocycles. The Morgan fingerprint density at radius 3 is 2.52 bits per heavy atom. The summed E-state index contributed by atoms with van der Waals surface area (Å²) >= 11 is 1.24. The number of nitrogens with zero attached hydrogens (tertiary/aromatic N) is 2. The normalized spacial score (nSPS) is 17.8. The standard InChI is InChI=1S/C14H18N2O3S2/c1-11-15-10-12(19-11)13-6-7-14(20-13)21(17,18)16-8-4-2-3-5-9-16/h6-7,10H,2-5,8-9H2,1H3. The molecule has 7 heteroatoms. The monoisotopic (exact) mass is 326 g/mol. The second-order valence-corrected chi connectivity index (χ2v) is 8.43. The maximum absolute atomic E-state index is 12.7. The van der Waals surface area contributed by atoms with Crippen molar-refractivity contribution < 1.29 is 12.8 Å². The minimum atomic E-state index is -3.38. The highest BCUT2D eigenvalue weighted by Crippen LogP contribution is 2.33. The van der Waals surface area contributed by atoms with Crippen LogP contribution in [0, 0.1) is 6.92 Å². The van der Waals surface area contributed by atoms with Crippen LogP contribution in [-0.4, -0.2) is 30.8 Å². The van der Waals surface area contributed by atoms with E-state index < -0.39 is 10.0 Å². The summed E-state index contributed by atoms with van der Waals surface area (Å²) in [5.74, 6) is 1.20. The van der Waals surface area contributed by atoms with Gasteiger partial charge in [0.25, 0.3) is 10.0 Å². The third-order valence-electron chi connectivity index (χ3n) is 3.60. The van der Waals surface area contributed by atoms with Crippen LogP contribution in [0.1, 0.15) is 31.6 Å². The van der Waals surface area contributed by atoms with E-state index in [1.54, 1.807) is 29.6 Å². The summed E-state index contributed by atoms with van der Waals surface area (Å²) in [6.07, 6.45) is 5.74. The SMILES string of the molecule is Cc1ncc(-c2ccc(S(=O)(=O)N3CCCCCC3)s2)o1. The highest BCUT2D eigenvalue weighted by atomic mass is 32.2. The first-order chi connectivity index (χ1) is 10.1. The zero-order chi connectivity index (χ0) is 14.9. The van der Waals surface area contributed by atoms with Gasteiger partial charge < -0.3 is 4.42 Å². The van der Waals surface area contributed by atoms with Crippen LogP contribution in [0.2, 0.25) is 0 Å². The number of oxazole rings is 1. The number of aryl methyl sites for hydroxylation is 1. The van der Waals surface area contributed by atoms with Crippen LogP contribution in [-0.2, 0) is 10.0 Å². The van der Waals surface area contributed by atoms with Crippen LogP contribution in [0.3, 0.4) is 0 Å². The van der Waals surface area contributed by atoms with E-state index in [9.17, 15) is 8.42 Å². The van der Waals surface area contributed by atoms with Gasteiger partial charge in [0.2, 0.25) is 0 Å². The molecule has 3 rings (SSSR count). The summed E-state index contributed by atoms with van der Waals surface area (Å²) < 4.78 is 32.8. The molecule has 0 amide bonds. The van der Waals surface area contributed by atoms with Gasteiger partial charge in [0.15, 0.2) is 11.7 Å². The molecular weight excluding hydrogens is 308 g/mol. The Hall–Kier alpha value is -1.18. The average Bonchev–Trinajstić information content (AvgIpc) is 3.01. The fourth-order valence-corrected chi connectivity index (χ4v) is 5.40. The van der Waals surface area contributed by atoms with Gasteiger partial charge in [-0.3, -0.25) is 0 Å². The van der Waals surface area contributed by atoms with Crippen LogP contribution >= 0.6 is 11.3 Å². The summed E-state index contributed by atoms with van der Waals surface area (Å²) in [6.45, 7) is 3.01. The van der Waals surface area contributed by atoms with E-state index in [-0.39, 0.29) is 0 Å². The molecule has 1 saturated heterocycles. The Balaban J connectivity index is 1.87. The predicted octanol–water partition coefficient (Wildman–Crippen LogP) is 3.28. The lowest BCUT2D eigenvalue weighted by atomic mass is 10.2. The molecule has 0 N–H and O–H groups in total. The maximum atomic E-state index is 12.7. The third-order valence-corrected chi connectivity index (χ3v) is 7.07. The van der Waals surface area contributed by atoms with Crippen LogP contribution < -0.4 is 0 Å². The van der Waals surface area contributed by atoms with Gasteiger partial charge in [-0.15, -0.1) is 11.3 Å². The van der Waals surface area contributed by atoms with Crippen molar-refractivity contribution in [2.45, 2.75) is 36.8 Å². The van der Waals surface area contributed by atoms with Crippen molar-refractivity contribution in [1.29, 1.82) is 0 Å². The maximum Gasteiger partial charge on any atom is 0.252 e. The second-order valence-electron chi connectivity index (χ2n) is 5.18. The summed E-state index contributed by atoms with van der Waals surface area (Å²) in [6, 6.07) is 3.45. The Bertz CT molecular complexity index is 710. The van der Waals surface area contributed by atoms with Gasteiger partial charge in [0.1, 0.15) is 4.21 Å². The van der Waals surface area contributed by atoms with Crippen molar-refractivity contribution in [3.05, 3.63) is 24.2 Å². The Labute approximate surface area is 128 Å². The van der Waals surface area contributed by atoms with Crippen LogP contribution in [0.5, 0.6) is 0 Å². The third kappa shape index (κ3) is 3.04. The highest BCUT2D eigenvalue weighted by molar-refractivity contribution is 7.91. The van der Waals surface area contributed by atoms with Gasteiger partial charge in [-0.1, -0.05) is 12.8 Å². The Morgan fingerprint density at radius 2 is 1.90 bits per heavy atom. The molecule has 0 spiro atoms. The first-order valence-electron chi connectivity index (χ1n) is 7.10. The van der Waals surface area contributed by atoms with Gasteiger partial charge in [0, 0.05) is 20.0 Å². The lowest BCUT2D eigenvalue weighted by Gasteiger charge is -2.18. The van der Waals surface area contributed by atoms with E-state index >= 15 is 0 Å². The number of thiophene rings is 1. The van der Waals surface area contributed by atoms with E-state index in [1.807, 2.05) is 0 Å². The molecule has 5 nitrogen and oxygen atoms in total. The van der Waals surface area contributed by atoms with Crippen molar-refractivity contribution >= 4 is 21.4 Å². The average molecular weight is 326 g/mol. The molecule has 2 aromatic heterocycles. The summed E-state index contributed by atoms with van der Waals surface area (Å²) in [5.41, 5.74) is 0. The van der Waals surface area contributed by atoms with E-state index in [1.165, 1.54) is 11.3 Å². The van der Waals surface area contributed by atoms with Crippen molar-refractivity contribution in [2.24, 2.45) is 0 Å². The minimum Gasteiger partial charge on any atom is -0.440 e. The fourth-order valence-electron chi connectivity index (χ4n) is 2.48. The minimum absolute atomic E-state index is 0.383. The largest absolute Gasteiger partial charge is 0.440 e. The quantitative estimate of drug-likeness (QED) is 0.868. The lowest BCUT2D eigenvalue weighted by molar-refractivity contribution is 0.425. The molecule has 1 fully saturated rings. The van der Waals surface area contributed by atoms with Gasteiger partial charge in [-0.25, -0.2) is 13.4 Å². The molecule has 0 saturated carbocycles. The first-order valence-corrected chi connectivity index (χ1v) is 9.36. The highest BCUT2D eigenvalue weighted by Gasteiger charge is 2.27. The second kappa shape index (κ2) is 5.90. The molecule has 0 radical (unpaired) electrons. The smallest absolute Gasteiger partial charge is 0.252 e. The fraction of sp³-hybridized carbons (Fsp3) is 0.500. The summed E-state index contributed by atoms with van der Waals surface area (Å²) in [5, 5.41) is 0. The lowest BCUT2D eigenvalue weighted by Crippen LogP contribution is -2.31. The van der Waals surface area contributed by atoms with Crippen LogP contribution in [0.15, 0.2) is 27.0 Å². The molecule has 1 aliphatic rings. The van der Waals surface area contributed by atoms with E-state index in [2.05, 4.69) is 4.98 Å². The van der Waals surface area contributed by atoms with Crippen molar-refractivity contribution in [3.63, 3.8) is 0 Å². The number of aromatic nitrogens is 1. The number of hydrogen-bond acceptors (Lipinski definition) is 5. The summed E-state index contributed by atoms with van der Waals surface area (Å²) in [7, 11) is -3.38. The van der Waals surface area contributed by atoms with E-state index in [0.717, 1.165) is 30.6 Å². The molecule has 0 bridgehead atoms. The molecule has 0 aliphatic carbocycles. The zero-order valence-electron chi connectivity index (χ0n) is 11.9. The summed E-state index contributed by atoms with van der Waals surface area (Å²) in [4.78, 5) is 4.84. The van der Waals surface area contributed by atoms with Crippen LogP contribution in [0.25, 0.3) is 10.6 Å². The van der Waals surface area contributed by atoms with Crippen LogP contribution in [0.4, 0.5) is 0 Å². The van der Waals surface area contributed by atoms with E-state index in [0.29, 0.717) is 28.9 Å². The topological polar surface area (TPSA) is 63.4 Å². The Kier molecular flexibility index (Phi) is 4.14. The first kappa shape index (κ1) is 14.7. The van der Waals surface area contributed by atoms with Gasteiger partial charge in [-0.2, -0.15) is 4.31 Å². The molecule has 0 unspecified atom stereocenters. The number of hydrogen-bond donors (Lipinski definition) is 0. The van der Waals surface area contributed by atoms with Gasteiger partial charge in [0.05, 0.1) is 11.1 Å². The zero-order valence-corrected chi connectivity index (χ0v) is 13.5. The molecular formula is C14H18N2O3S2.